The lowest BCUT2D eigenvalue weighted by Crippen LogP contribution is -2.39. The van der Waals surface area contributed by atoms with Crippen LogP contribution >= 0.6 is 11.3 Å². The first kappa shape index (κ1) is 18.1. The van der Waals surface area contributed by atoms with Gasteiger partial charge in [0.1, 0.15) is 10.8 Å². The van der Waals surface area contributed by atoms with Crippen molar-refractivity contribution in [2.45, 2.75) is 32.7 Å². The second-order valence-corrected chi connectivity index (χ2v) is 6.51. The predicted molar refractivity (Wildman–Crippen MR) is 90.3 cm³/mol. The number of amides is 1. The van der Waals surface area contributed by atoms with Crippen LogP contribution in [0.5, 0.6) is 0 Å². The van der Waals surface area contributed by atoms with Crippen LogP contribution in [0, 0.1) is 5.82 Å². The minimum absolute atomic E-state index is 0.0850. The molecule has 128 valence electrons. The molecule has 0 bridgehead atoms. The third-order valence-corrected chi connectivity index (χ3v) is 4.41. The molecule has 1 heterocycles. The highest BCUT2D eigenvalue weighted by molar-refractivity contribution is 7.13. The average molecular weight is 350 g/mol. The highest BCUT2D eigenvalue weighted by Crippen LogP contribution is 2.24. The monoisotopic (exact) mass is 350 g/mol. The van der Waals surface area contributed by atoms with E-state index in [1.807, 2.05) is 13.8 Å². The zero-order valence-electron chi connectivity index (χ0n) is 13.5. The van der Waals surface area contributed by atoms with Crippen LogP contribution in [0.25, 0.3) is 10.6 Å². The van der Waals surface area contributed by atoms with Crippen LogP contribution in [-0.2, 0) is 16.0 Å². The Bertz CT molecular complexity index is 730. The molecule has 0 saturated heterocycles. The summed E-state index contributed by atoms with van der Waals surface area (Å²) in [7, 11) is 0. The van der Waals surface area contributed by atoms with Gasteiger partial charge in [0.15, 0.2) is 0 Å². The molecule has 1 aromatic carbocycles. The zero-order chi connectivity index (χ0) is 17.7. The molecule has 1 N–H and O–H groups in total. The van der Waals surface area contributed by atoms with Crippen LogP contribution in [0.3, 0.4) is 0 Å². The SMILES string of the molecule is CC(C)N(CCC(=O)O)C(=O)Cc1csc(-c2cccc(F)c2)n1. The smallest absolute Gasteiger partial charge is 0.305 e. The third-order valence-electron chi connectivity index (χ3n) is 3.47. The molecule has 1 aromatic heterocycles. The summed E-state index contributed by atoms with van der Waals surface area (Å²) < 4.78 is 13.3. The van der Waals surface area contributed by atoms with Crippen LogP contribution in [0.15, 0.2) is 29.6 Å². The van der Waals surface area contributed by atoms with E-state index in [0.717, 1.165) is 0 Å². The number of carbonyl (C=O) groups excluding carboxylic acids is 1. The lowest BCUT2D eigenvalue weighted by atomic mass is 10.2. The first-order valence-electron chi connectivity index (χ1n) is 7.58. The van der Waals surface area contributed by atoms with Gasteiger partial charge in [-0.3, -0.25) is 9.59 Å². The maximum atomic E-state index is 13.3. The van der Waals surface area contributed by atoms with Crippen LogP contribution < -0.4 is 0 Å². The molecule has 2 rings (SSSR count). The Balaban J connectivity index is 2.07. The molecule has 1 amide bonds. The molecule has 0 unspecified atom stereocenters. The van der Waals surface area contributed by atoms with E-state index in [1.165, 1.54) is 28.4 Å². The highest BCUT2D eigenvalue weighted by Gasteiger charge is 2.19. The average Bonchev–Trinajstić information content (AvgIpc) is 2.95. The Morgan fingerprint density at radius 2 is 2.12 bits per heavy atom. The van der Waals surface area contributed by atoms with Crippen molar-refractivity contribution in [3.8, 4) is 10.6 Å². The summed E-state index contributed by atoms with van der Waals surface area (Å²) in [6, 6.07) is 6.06. The zero-order valence-corrected chi connectivity index (χ0v) is 14.3. The first-order chi connectivity index (χ1) is 11.4. The van der Waals surface area contributed by atoms with E-state index < -0.39 is 5.97 Å². The van der Waals surface area contributed by atoms with Crippen molar-refractivity contribution >= 4 is 23.2 Å². The number of carbonyl (C=O) groups is 2. The fourth-order valence-corrected chi connectivity index (χ4v) is 3.10. The Morgan fingerprint density at radius 1 is 1.38 bits per heavy atom. The van der Waals surface area contributed by atoms with Crippen molar-refractivity contribution in [3.63, 3.8) is 0 Å². The molecule has 0 aliphatic rings. The lowest BCUT2D eigenvalue weighted by Gasteiger charge is -2.25. The summed E-state index contributed by atoms with van der Waals surface area (Å²) in [6.07, 6.45) is 0.0130. The minimum Gasteiger partial charge on any atom is -0.481 e. The number of thiazole rings is 1. The number of hydrogen-bond acceptors (Lipinski definition) is 4. The Hall–Kier alpha value is -2.28. The molecule has 5 nitrogen and oxygen atoms in total. The number of aliphatic carboxylic acids is 1. The number of halogens is 1. The molecular weight excluding hydrogens is 331 g/mol. The molecule has 0 saturated carbocycles. The summed E-state index contributed by atoms with van der Waals surface area (Å²) in [5.41, 5.74) is 1.27. The van der Waals surface area contributed by atoms with Gasteiger partial charge in [-0.1, -0.05) is 12.1 Å². The van der Waals surface area contributed by atoms with Gasteiger partial charge in [0, 0.05) is 23.5 Å². The normalized spacial score (nSPS) is 10.8. The van der Waals surface area contributed by atoms with Crippen LogP contribution in [0.1, 0.15) is 26.0 Å². The van der Waals surface area contributed by atoms with Crippen molar-refractivity contribution in [1.82, 2.24) is 9.88 Å². The van der Waals surface area contributed by atoms with Gasteiger partial charge in [0.25, 0.3) is 0 Å². The van der Waals surface area contributed by atoms with E-state index >= 15 is 0 Å². The number of carboxylic acids is 1. The summed E-state index contributed by atoms with van der Waals surface area (Å²) >= 11 is 1.35. The summed E-state index contributed by atoms with van der Waals surface area (Å²) in [5, 5.41) is 11.2. The standard InChI is InChI=1S/C17H19FN2O3S/c1-11(2)20(7-6-16(22)23)15(21)9-14-10-24-17(19-14)12-4-3-5-13(18)8-12/h3-5,8,10-11H,6-7,9H2,1-2H3,(H,22,23). The Kier molecular flexibility index (Phi) is 6.03. The number of aromatic nitrogens is 1. The number of rotatable bonds is 7. The molecule has 0 atom stereocenters. The van der Waals surface area contributed by atoms with E-state index in [4.69, 9.17) is 5.11 Å². The van der Waals surface area contributed by atoms with Crippen LogP contribution in [0.2, 0.25) is 0 Å². The van der Waals surface area contributed by atoms with Gasteiger partial charge in [0.05, 0.1) is 18.5 Å². The van der Waals surface area contributed by atoms with Crippen LogP contribution in [-0.4, -0.2) is 39.5 Å². The highest BCUT2D eigenvalue weighted by atomic mass is 32.1. The second kappa shape index (κ2) is 8.01. The minimum atomic E-state index is -0.935. The molecule has 0 radical (unpaired) electrons. The Labute approximate surface area is 143 Å². The third kappa shape index (κ3) is 4.86. The molecule has 0 spiro atoms. The van der Waals surface area contributed by atoms with Crippen molar-refractivity contribution in [1.29, 1.82) is 0 Å². The van der Waals surface area contributed by atoms with Gasteiger partial charge in [0.2, 0.25) is 5.91 Å². The largest absolute Gasteiger partial charge is 0.481 e. The maximum absolute atomic E-state index is 13.3. The van der Waals surface area contributed by atoms with E-state index in [0.29, 0.717) is 16.3 Å². The maximum Gasteiger partial charge on any atom is 0.305 e. The first-order valence-corrected chi connectivity index (χ1v) is 8.46. The number of nitrogens with zero attached hydrogens (tertiary/aromatic N) is 2. The molecular formula is C17H19FN2O3S. The fraction of sp³-hybridized carbons (Fsp3) is 0.353. The van der Waals surface area contributed by atoms with Crippen molar-refractivity contribution < 1.29 is 19.1 Å². The topological polar surface area (TPSA) is 70.5 Å². The van der Waals surface area contributed by atoms with Crippen molar-refractivity contribution in [2.24, 2.45) is 0 Å². The molecule has 2 aromatic rings. The number of benzene rings is 1. The molecule has 0 aliphatic carbocycles. The van der Waals surface area contributed by atoms with Crippen molar-refractivity contribution in [2.75, 3.05) is 6.54 Å². The van der Waals surface area contributed by atoms with E-state index in [1.54, 1.807) is 17.5 Å². The number of hydrogen-bond donors (Lipinski definition) is 1. The van der Waals surface area contributed by atoms with E-state index in [9.17, 15) is 14.0 Å². The lowest BCUT2D eigenvalue weighted by molar-refractivity contribution is -0.139. The van der Waals surface area contributed by atoms with Gasteiger partial charge < -0.3 is 10.0 Å². The fourth-order valence-electron chi connectivity index (χ4n) is 2.29. The van der Waals surface area contributed by atoms with Gasteiger partial charge >= 0.3 is 5.97 Å². The van der Waals surface area contributed by atoms with Gasteiger partial charge in [-0.15, -0.1) is 11.3 Å². The van der Waals surface area contributed by atoms with Crippen LogP contribution in [0.4, 0.5) is 4.39 Å². The summed E-state index contributed by atoms with van der Waals surface area (Å²) in [4.78, 5) is 29.0. The quantitative estimate of drug-likeness (QED) is 0.832. The van der Waals surface area contributed by atoms with Gasteiger partial charge in [-0.05, 0) is 26.0 Å². The van der Waals surface area contributed by atoms with E-state index in [2.05, 4.69) is 4.98 Å². The van der Waals surface area contributed by atoms with E-state index in [-0.39, 0.29) is 37.2 Å². The second-order valence-electron chi connectivity index (χ2n) is 5.66. The summed E-state index contributed by atoms with van der Waals surface area (Å²) in [5.74, 6) is -1.43. The molecule has 0 fully saturated rings. The molecule has 24 heavy (non-hydrogen) atoms. The van der Waals surface area contributed by atoms with Crippen molar-refractivity contribution in [3.05, 3.63) is 41.2 Å². The molecule has 7 heteroatoms. The molecule has 0 aliphatic heterocycles. The number of carboxylic acid groups (broad SMARTS) is 1. The predicted octanol–water partition coefficient (Wildman–Crippen LogP) is 3.20. The van der Waals surface area contributed by atoms with Gasteiger partial charge in [-0.25, -0.2) is 9.37 Å². The Morgan fingerprint density at radius 3 is 2.75 bits per heavy atom. The van der Waals surface area contributed by atoms with Gasteiger partial charge in [-0.2, -0.15) is 0 Å². The summed E-state index contributed by atoms with van der Waals surface area (Å²) in [6.45, 7) is 3.87.